The van der Waals surface area contributed by atoms with Crippen LogP contribution in [0.25, 0.3) is 0 Å². The first-order chi connectivity index (χ1) is 9.71. The summed E-state index contributed by atoms with van der Waals surface area (Å²) in [4.78, 5) is 18.5. The molecule has 0 atom stereocenters. The normalized spacial score (nSPS) is 12.8. The first-order valence-electron chi connectivity index (χ1n) is 6.72. The van der Waals surface area contributed by atoms with Crippen LogP contribution in [0, 0.1) is 6.92 Å². The minimum absolute atomic E-state index is 0.0354. The van der Waals surface area contributed by atoms with E-state index in [1.165, 1.54) is 4.88 Å². The summed E-state index contributed by atoms with van der Waals surface area (Å²) < 4.78 is 1.96. The number of aromatic nitrogens is 1. The highest BCUT2D eigenvalue weighted by Gasteiger charge is 2.21. The first-order valence-corrected chi connectivity index (χ1v) is 7.91. The van der Waals surface area contributed by atoms with Gasteiger partial charge in [-0.2, -0.15) is 4.99 Å². The molecule has 5 heteroatoms. The zero-order chi connectivity index (χ0) is 15.8. The third-order valence-corrected chi connectivity index (χ3v) is 5.28. The van der Waals surface area contributed by atoms with E-state index >= 15 is 0 Å². The highest BCUT2D eigenvalue weighted by atomic mass is 35.5. The van der Waals surface area contributed by atoms with Crippen molar-refractivity contribution in [2.45, 2.75) is 33.1 Å². The molecule has 0 aliphatic rings. The Kier molecular flexibility index (Phi) is 4.40. The van der Waals surface area contributed by atoms with Gasteiger partial charge in [0.15, 0.2) is 4.80 Å². The average Bonchev–Trinajstić information content (AvgIpc) is 2.67. The third kappa shape index (κ3) is 3.27. The van der Waals surface area contributed by atoms with E-state index in [9.17, 15) is 4.79 Å². The van der Waals surface area contributed by atoms with E-state index in [0.717, 1.165) is 5.69 Å². The van der Waals surface area contributed by atoms with Gasteiger partial charge in [-0.15, -0.1) is 11.3 Å². The van der Waals surface area contributed by atoms with Crippen molar-refractivity contribution in [2.75, 3.05) is 0 Å². The maximum Gasteiger partial charge on any atom is 0.281 e. The summed E-state index contributed by atoms with van der Waals surface area (Å²) in [6.45, 7) is 8.53. The van der Waals surface area contributed by atoms with Crippen LogP contribution in [0.4, 0.5) is 0 Å². The van der Waals surface area contributed by atoms with E-state index in [1.807, 2.05) is 11.6 Å². The molecule has 1 amide bonds. The van der Waals surface area contributed by atoms with Gasteiger partial charge in [-0.3, -0.25) is 4.79 Å². The molecule has 1 heterocycles. The van der Waals surface area contributed by atoms with Gasteiger partial charge in [-0.25, -0.2) is 0 Å². The summed E-state index contributed by atoms with van der Waals surface area (Å²) in [5.74, 6) is -0.307. The standard InChI is InChI=1S/C16H19ClN2OS/c1-10-13(16(2,3)4)21-15(19(10)5)18-14(20)11-8-6-7-9-12(11)17/h6-9H,1-5H3/b18-15-. The second-order valence-electron chi connectivity index (χ2n) is 6.00. The minimum Gasteiger partial charge on any atom is -0.324 e. The maximum absolute atomic E-state index is 12.3. The Balaban J connectivity index is 2.53. The zero-order valence-corrected chi connectivity index (χ0v) is 14.5. The summed E-state index contributed by atoms with van der Waals surface area (Å²) in [6.07, 6.45) is 0. The highest BCUT2D eigenvalue weighted by Crippen LogP contribution is 2.27. The Morgan fingerprint density at radius 3 is 2.43 bits per heavy atom. The van der Waals surface area contributed by atoms with E-state index in [-0.39, 0.29) is 11.3 Å². The molecule has 1 aromatic heterocycles. The molecular weight excluding hydrogens is 304 g/mol. The molecule has 0 saturated heterocycles. The highest BCUT2D eigenvalue weighted by molar-refractivity contribution is 7.09. The van der Waals surface area contributed by atoms with E-state index in [0.29, 0.717) is 15.4 Å². The summed E-state index contributed by atoms with van der Waals surface area (Å²) in [5.41, 5.74) is 1.61. The number of carbonyl (C=O) groups is 1. The molecule has 0 saturated carbocycles. The topological polar surface area (TPSA) is 34.4 Å². The quantitative estimate of drug-likeness (QED) is 0.778. The molecule has 0 fully saturated rings. The van der Waals surface area contributed by atoms with E-state index < -0.39 is 0 Å². The first kappa shape index (κ1) is 16.0. The van der Waals surface area contributed by atoms with Crippen LogP contribution in [0.1, 0.15) is 41.7 Å². The molecule has 112 valence electrons. The lowest BCUT2D eigenvalue weighted by Crippen LogP contribution is -2.15. The number of carbonyl (C=O) groups excluding carboxylic acids is 1. The molecular formula is C16H19ClN2OS. The summed E-state index contributed by atoms with van der Waals surface area (Å²) in [7, 11) is 1.93. The fourth-order valence-corrected chi connectivity index (χ4v) is 3.50. The van der Waals surface area contributed by atoms with Gasteiger partial charge in [0.25, 0.3) is 5.91 Å². The Labute approximate surface area is 133 Å². The van der Waals surface area contributed by atoms with Crippen molar-refractivity contribution in [1.29, 1.82) is 0 Å². The molecule has 0 radical (unpaired) electrons. The van der Waals surface area contributed by atoms with Crippen LogP contribution in [0.5, 0.6) is 0 Å². The Morgan fingerprint density at radius 2 is 1.90 bits per heavy atom. The van der Waals surface area contributed by atoms with Crippen molar-refractivity contribution < 1.29 is 4.79 Å². The van der Waals surface area contributed by atoms with Crippen molar-refractivity contribution in [1.82, 2.24) is 4.57 Å². The Bertz CT molecular complexity index is 750. The number of amides is 1. The fourth-order valence-electron chi connectivity index (χ4n) is 2.10. The summed E-state index contributed by atoms with van der Waals surface area (Å²) in [5, 5.41) is 0.429. The number of benzene rings is 1. The SMILES string of the molecule is Cc1c(C(C)(C)C)s/c(=N\C(=O)c2ccccc2Cl)n1C. The van der Waals surface area contributed by atoms with Gasteiger partial charge in [0, 0.05) is 17.6 Å². The molecule has 21 heavy (non-hydrogen) atoms. The van der Waals surface area contributed by atoms with Gasteiger partial charge in [0.1, 0.15) is 0 Å². The monoisotopic (exact) mass is 322 g/mol. The molecule has 2 rings (SSSR count). The van der Waals surface area contributed by atoms with E-state index in [1.54, 1.807) is 35.6 Å². The average molecular weight is 323 g/mol. The van der Waals surface area contributed by atoms with Gasteiger partial charge in [-0.05, 0) is 24.5 Å². The summed E-state index contributed by atoms with van der Waals surface area (Å²) >= 11 is 7.60. The van der Waals surface area contributed by atoms with Crippen molar-refractivity contribution in [3.63, 3.8) is 0 Å². The minimum atomic E-state index is -0.307. The van der Waals surface area contributed by atoms with Crippen LogP contribution in [0.3, 0.4) is 0 Å². The van der Waals surface area contributed by atoms with Crippen LogP contribution in [-0.4, -0.2) is 10.5 Å². The van der Waals surface area contributed by atoms with Crippen LogP contribution in [0.2, 0.25) is 5.02 Å². The molecule has 0 N–H and O–H groups in total. The van der Waals surface area contributed by atoms with Gasteiger partial charge in [-0.1, -0.05) is 44.5 Å². The second-order valence-corrected chi connectivity index (χ2v) is 7.39. The lowest BCUT2D eigenvalue weighted by atomic mass is 9.93. The van der Waals surface area contributed by atoms with E-state index in [2.05, 4.69) is 32.7 Å². The van der Waals surface area contributed by atoms with Gasteiger partial charge in [0.05, 0.1) is 10.6 Å². The Hall–Kier alpha value is -1.39. The lowest BCUT2D eigenvalue weighted by molar-refractivity contribution is 0.0998. The smallest absolute Gasteiger partial charge is 0.281 e. The molecule has 0 aliphatic carbocycles. The van der Waals surface area contributed by atoms with Crippen LogP contribution < -0.4 is 4.80 Å². The molecule has 0 aliphatic heterocycles. The molecule has 1 aromatic carbocycles. The number of nitrogens with zero attached hydrogens (tertiary/aromatic N) is 2. The molecule has 0 unspecified atom stereocenters. The maximum atomic E-state index is 12.3. The number of rotatable bonds is 1. The van der Waals surface area contributed by atoms with Crippen LogP contribution in [0.15, 0.2) is 29.3 Å². The van der Waals surface area contributed by atoms with Gasteiger partial charge >= 0.3 is 0 Å². The molecule has 2 aromatic rings. The van der Waals surface area contributed by atoms with Crippen LogP contribution in [-0.2, 0) is 12.5 Å². The van der Waals surface area contributed by atoms with Gasteiger partial charge in [0.2, 0.25) is 0 Å². The molecule has 0 bridgehead atoms. The van der Waals surface area contributed by atoms with E-state index in [4.69, 9.17) is 11.6 Å². The molecule has 3 nitrogen and oxygen atoms in total. The van der Waals surface area contributed by atoms with Crippen molar-refractivity contribution in [3.8, 4) is 0 Å². The largest absolute Gasteiger partial charge is 0.324 e. The van der Waals surface area contributed by atoms with Crippen molar-refractivity contribution in [2.24, 2.45) is 12.0 Å². The predicted octanol–water partition coefficient (Wildman–Crippen LogP) is 4.09. The number of thiazole rings is 1. The lowest BCUT2D eigenvalue weighted by Gasteiger charge is -2.17. The van der Waals surface area contributed by atoms with Gasteiger partial charge < -0.3 is 4.57 Å². The zero-order valence-electron chi connectivity index (χ0n) is 12.9. The van der Waals surface area contributed by atoms with Crippen molar-refractivity contribution in [3.05, 3.63) is 50.2 Å². The Morgan fingerprint density at radius 1 is 1.29 bits per heavy atom. The number of hydrogen-bond donors (Lipinski definition) is 0. The predicted molar refractivity (Wildman–Crippen MR) is 88.1 cm³/mol. The van der Waals surface area contributed by atoms with Crippen LogP contribution >= 0.6 is 22.9 Å². The number of hydrogen-bond acceptors (Lipinski definition) is 2. The van der Waals surface area contributed by atoms with Crippen molar-refractivity contribution >= 4 is 28.8 Å². The second kappa shape index (κ2) is 5.78. The fraction of sp³-hybridized carbons (Fsp3) is 0.375. The molecule has 0 spiro atoms. The number of halogens is 1. The summed E-state index contributed by atoms with van der Waals surface area (Å²) in [6, 6.07) is 6.98. The third-order valence-electron chi connectivity index (χ3n) is 3.29.